The minimum atomic E-state index is -0.242. The van der Waals surface area contributed by atoms with Gasteiger partial charge in [-0.15, -0.1) is 0 Å². The molecule has 0 fully saturated rings. The number of nitrogens with zero attached hydrogens (tertiary/aromatic N) is 2. The molecule has 2 amide bonds. The normalized spacial score (nSPS) is 13.1. The van der Waals surface area contributed by atoms with Crippen LogP contribution in [0.4, 0.5) is 5.69 Å². The summed E-state index contributed by atoms with van der Waals surface area (Å²) in [5.41, 5.74) is 3.13. The maximum atomic E-state index is 12.9. The van der Waals surface area contributed by atoms with Crippen LogP contribution in [-0.2, 0) is 19.4 Å². The van der Waals surface area contributed by atoms with Crippen molar-refractivity contribution in [3.63, 3.8) is 0 Å². The van der Waals surface area contributed by atoms with Crippen molar-refractivity contribution in [1.82, 2.24) is 14.9 Å². The Morgan fingerprint density at radius 1 is 1.15 bits per heavy atom. The lowest BCUT2D eigenvalue weighted by molar-refractivity contribution is 0.0937. The van der Waals surface area contributed by atoms with E-state index in [0.717, 1.165) is 62.0 Å². The molecule has 0 atom stereocenters. The molecule has 144 valence electrons. The van der Waals surface area contributed by atoms with Crippen LogP contribution in [0.15, 0.2) is 24.3 Å². The van der Waals surface area contributed by atoms with Crippen molar-refractivity contribution in [2.75, 3.05) is 11.9 Å². The molecule has 2 heterocycles. The monoisotopic (exact) mass is 368 g/mol. The van der Waals surface area contributed by atoms with Gasteiger partial charge in [-0.2, -0.15) is 0 Å². The molecule has 1 aromatic heterocycles. The Balaban J connectivity index is 1.86. The van der Waals surface area contributed by atoms with E-state index in [1.165, 1.54) is 0 Å². The van der Waals surface area contributed by atoms with Crippen LogP contribution in [0.3, 0.4) is 0 Å². The topological polar surface area (TPSA) is 76.0 Å². The number of aryl methyl sites for hydroxylation is 1. The lowest BCUT2D eigenvalue weighted by Crippen LogP contribution is -2.28. The number of hydrogen-bond acceptors (Lipinski definition) is 3. The SMILES string of the molecule is CCCCNC(=O)c1nc(C(=O)Nc2ccccc2CC)c2n1CCCC2. The summed E-state index contributed by atoms with van der Waals surface area (Å²) in [6.45, 7) is 5.50. The second-order valence-electron chi connectivity index (χ2n) is 6.91. The highest BCUT2D eigenvalue weighted by atomic mass is 16.2. The lowest BCUT2D eigenvalue weighted by atomic mass is 10.1. The number of nitrogens with one attached hydrogen (secondary N) is 2. The van der Waals surface area contributed by atoms with Crippen molar-refractivity contribution in [3.05, 3.63) is 47.0 Å². The van der Waals surface area contributed by atoms with E-state index < -0.39 is 0 Å². The number of amides is 2. The highest BCUT2D eigenvalue weighted by Gasteiger charge is 2.27. The molecule has 0 unspecified atom stereocenters. The van der Waals surface area contributed by atoms with Crippen LogP contribution in [0, 0.1) is 0 Å². The first-order valence-electron chi connectivity index (χ1n) is 9.92. The maximum Gasteiger partial charge on any atom is 0.287 e. The first-order valence-corrected chi connectivity index (χ1v) is 9.92. The summed E-state index contributed by atoms with van der Waals surface area (Å²) >= 11 is 0. The van der Waals surface area contributed by atoms with Crippen molar-refractivity contribution in [3.8, 4) is 0 Å². The number of fused-ring (bicyclic) bond motifs is 1. The number of aromatic nitrogens is 2. The van der Waals surface area contributed by atoms with Gasteiger partial charge >= 0.3 is 0 Å². The number of unbranched alkanes of at least 4 members (excludes halogenated alkanes) is 1. The van der Waals surface area contributed by atoms with Gasteiger partial charge < -0.3 is 15.2 Å². The Morgan fingerprint density at radius 3 is 2.74 bits per heavy atom. The van der Waals surface area contributed by atoms with E-state index in [2.05, 4.69) is 29.5 Å². The average molecular weight is 368 g/mol. The third-order valence-corrected chi connectivity index (χ3v) is 5.00. The van der Waals surface area contributed by atoms with E-state index in [1.54, 1.807) is 0 Å². The van der Waals surface area contributed by atoms with Crippen LogP contribution in [0.25, 0.3) is 0 Å². The van der Waals surface area contributed by atoms with Gasteiger partial charge in [0.25, 0.3) is 11.8 Å². The minimum Gasteiger partial charge on any atom is -0.349 e. The Kier molecular flexibility index (Phi) is 6.27. The molecule has 1 aliphatic rings. The third-order valence-electron chi connectivity index (χ3n) is 5.00. The van der Waals surface area contributed by atoms with Crippen LogP contribution in [0.1, 0.15) is 71.9 Å². The van der Waals surface area contributed by atoms with Crippen molar-refractivity contribution < 1.29 is 9.59 Å². The number of hydrogen-bond donors (Lipinski definition) is 2. The van der Waals surface area contributed by atoms with Gasteiger partial charge in [0.1, 0.15) is 0 Å². The number of rotatable bonds is 7. The maximum absolute atomic E-state index is 12.9. The van der Waals surface area contributed by atoms with Gasteiger partial charge in [0.15, 0.2) is 11.5 Å². The number of imidazole rings is 1. The zero-order chi connectivity index (χ0) is 19.2. The fourth-order valence-corrected chi connectivity index (χ4v) is 3.49. The molecule has 1 aromatic carbocycles. The number of benzene rings is 1. The van der Waals surface area contributed by atoms with Crippen LogP contribution in [-0.4, -0.2) is 27.9 Å². The highest BCUT2D eigenvalue weighted by molar-refractivity contribution is 6.05. The minimum absolute atomic E-state index is 0.195. The smallest absolute Gasteiger partial charge is 0.287 e. The Bertz CT molecular complexity index is 826. The number of anilines is 1. The zero-order valence-corrected chi connectivity index (χ0v) is 16.2. The lowest BCUT2D eigenvalue weighted by Gasteiger charge is -2.17. The number of para-hydroxylation sites is 1. The highest BCUT2D eigenvalue weighted by Crippen LogP contribution is 2.23. The second-order valence-corrected chi connectivity index (χ2v) is 6.91. The van der Waals surface area contributed by atoms with E-state index in [4.69, 9.17) is 0 Å². The van der Waals surface area contributed by atoms with E-state index in [-0.39, 0.29) is 11.8 Å². The molecule has 3 rings (SSSR count). The van der Waals surface area contributed by atoms with Crippen LogP contribution in [0.5, 0.6) is 0 Å². The van der Waals surface area contributed by atoms with Crippen molar-refractivity contribution in [2.45, 2.75) is 58.9 Å². The molecule has 0 radical (unpaired) electrons. The van der Waals surface area contributed by atoms with Crippen molar-refractivity contribution >= 4 is 17.5 Å². The quantitative estimate of drug-likeness (QED) is 0.734. The van der Waals surface area contributed by atoms with Gasteiger partial charge in [0.2, 0.25) is 0 Å². The summed E-state index contributed by atoms with van der Waals surface area (Å²) in [5.74, 6) is -0.0801. The van der Waals surface area contributed by atoms with Crippen molar-refractivity contribution in [2.24, 2.45) is 0 Å². The van der Waals surface area contributed by atoms with Crippen LogP contribution in [0.2, 0.25) is 0 Å². The first kappa shape index (κ1) is 19.1. The van der Waals surface area contributed by atoms with Gasteiger partial charge in [-0.1, -0.05) is 38.5 Å². The molecule has 1 aliphatic heterocycles. The summed E-state index contributed by atoms with van der Waals surface area (Å²) in [6.07, 6.45) is 5.56. The summed E-state index contributed by atoms with van der Waals surface area (Å²) < 4.78 is 1.92. The molecule has 27 heavy (non-hydrogen) atoms. The Hall–Kier alpha value is -2.63. The second kappa shape index (κ2) is 8.84. The molecular weight excluding hydrogens is 340 g/mol. The van der Waals surface area contributed by atoms with Gasteiger partial charge in [0.05, 0.1) is 5.69 Å². The van der Waals surface area contributed by atoms with Crippen LogP contribution >= 0.6 is 0 Å². The molecule has 0 aliphatic carbocycles. The molecular formula is C21H28N4O2. The van der Waals surface area contributed by atoms with E-state index in [0.29, 0.717) is 18.1 Å². The van der Waals surface area contributed by atoms with Gasteiger partial charge in [-0.25, -0.2) is 4.98 Å². The van der Waals surface area contributed by atoms with Gasteiger partial charge in [-0.3, -0.25) is 9.59 Å². The van der Waals surface area contributed by atoms with Crippen LogP contribution < -0.4 is 10.6 Å². The summed E-state index contributed by atoms with van der Waals surface area (Å²) in [4.78, 5) is 30.0. The first-order chi connectivity index (χ1) is 13.2. The molecule has 0 saturated carbocycles. The summed E-state index contributed by atoms with van der Waals surface area (Å²) in [7, 11) is 0. The largest absolute Gasteiger partial charge is 0.349 e. The predicted molar refractivity (Wildman–Crippen MR) is 106 cm³/mol. The predicted octanol–water partition coefficient (Wildman–Crippen LogP) is 3.56. The van der Waals surface area contributed by atoms with Crippen molar-refractivity contribution in [1.29, 1.82) is 0 Å². The van der Waals surface area contributed by atoms with Gasteiger partial charge in [-0.05, 0) is 43.7 Å². The third kappa shape index (κ3) is 4.21. The molecule has 0 bridgehead atoms. The van der Waals surface area contributed by atoms with E-state index in [9.17, 15) is 9.59 Å². The molecule has 2 aromatic rings. The molecule has 6 heteroatoms. The molecule has 6 nitrogen and oxygen atoms in total. The molecule has 0 saturated heterocycles. The molecule has 2 N–H and O–H groups in total. The Morgan fingerprint density at radius 2 is 1.96 bits per heavy atom. The number of carbonyl (C=O) groups is 2. The fourth-order valence-electron chi connectivity index (χ4n) is 3.49. The number of carbonyl (C=O) groups excluding carboxylic acids is 2. The Labute approximate surface area is 160 Å². The van der Waals surface area contributed by atoms with E-state index in [1.807, 2.05) is 28.8 Å². The summed E-state index contributed by atoms with van der Waals surface area (Å²) in [5, 5.41) is 5.90. The standard InChI is InChI=1S/C21H28N4O2/c1-3-5-13-22-21(27)19-24-18(17-12-8-9-14-25(17)19)20(26)23-16-11-7-6-10-15(16)4-2/h6-7,10-11H,3-5,8-9,12-14H2,1-2H3,(H,22,27)(H,23,26). The van der Waals surface area contributed by atoms with E-state index >= 15 is 0 Å². The van der Waals surface area contributed by atoms with Gasteiger partial charge in [0, 0.05) is 18.8 Å². The fraction of sp³-hybridized carbons (Fsp3) is 0.476. The zero-order valence-electron chi connectivity index (χ0n) is 16.2. The summed E-state index contributed by atoms with van der Waals surface area (Å²) in [6, 6.07) is 7.78. The average Bonchev–Trinajstić information content (AvgIpc) is 3.08. The molecule has 0 spiro atoms.